The Morgan fingerprint density at radius 1 is 1.15 bits per heavy atom. The van der Waals surface area contributed by atoms with Crippen molar-refractivity contribution in [3.63, 3.8) is 0 Å². The number of carbonyl (C=O) groups is 1. The zero-order chi connectivity index (χ0) is 14.4. The molecular weight excluding hydrogens is 268 g/mol. The largest absolute Gasteiger partial charge is 0.327 e. The summed E-state index contributed by atoms with van der Waals surface area (Å²) < 4.78 is 0. The van der Waals surface area contributed by atoms with E-state index in [0.29, 0.717) is 11.3 Å². The number of hydrogen-bond donors (Lipinski definition) is 2. The molecule has 0 aromatic heterocycles. The maximum absolute atomic E-state index is 11.0. The van der Waals surface area contributed by atoms with Crippen molar-refractivity contribution in [1.82, 2.24) is 0 Å². The third-order valence-electron chi connectivity index (χ3n) is 3.72. The van der Waals surface area contributed by atoms with E-state index < -0.39 is 0 Å². The van der Waals surface area contributed by atoms with Crippen molar-refractivity contribution < 1.29 is 4.79 Å². The first-order valence-electron chi connectivity index (χ1n) is 7.45. The molecule has 1 aromatic carbocycles. The SMILES string of the molecule is CC(=O)Nc1ccc(SC2CCCCCCC2N)cc1. The topological polar surface area (TPSA) is 55.1 Å². The lowest BCUT2D eigenvalue weighted by Crippen LogP contribution is -2.33. The first kappa shape index (κ1) is 15.4. The molecule has 4 heteroatoms. The fourth-order valence-corrected chi connectivity index (χ4v) is 3.86. The van der Waals surface area contributed by atoms with Crippen molar-refractivity contribution in [2.75, 3.05) is 5.32 Å². The third kappa shape index (κ3) is 4.84. The second kappa shape index (κ2) is 7.70. The quantitative estimate of drug-likeness (QED) is 0.891. The number of amides is 1. The zero-order valence-electron chi connectivity index (χ0n) is 12.1. The molecule has 1 aliphatic carbocycles. The van der Waals surface area contributed by atoms with Gasteiger partial charge in [0, 0.05) is 28.8 Å². The monoisotopic (exact) mass is 292 g/mol. The van der Waals surface area contributed by atoms with E-state index in [-0.39, 0.29) is 5.91 Å². The summed E-state index contributed by atoms with van der Waals surface area (Å²) in [5, 5.41) is 3.31. The zero-order valence-corrected chi connectivity index (χ0v) is 12.9. The minimum absolute atomic E-state index is 0.0348. The molecule has 2 unspecified atom stereocenters. The van der Waals surface area contributed by atoms with Crippen LogP contribution in [0.4, 0.5) is 5.69 Å². The van der Waals surface area contributed by atoms with E-state index in [0.717, 1.165) is 12.1 Å². The molecule has 1 aromatic rings. The lowest BCUT2D eigenvalue weighted by molar-refractivity contribution is -0.114. The molecule has 1 aliphatic rings. The Bertz CT molecular complexity index is 433. The molecule has 1 amide bonds. The van der Waals surface area contributed by atoms with E-state index in [1.807, 2.05) is 23.9 Å². The van der Waals surface area contributed by atoms with Crippen LogP contribution in [0.5, 0.6) is 0 Å². The van der Waals surface area contributed by atoms with Crippen LogP contribution in [-0.2, 0) is 4.79 Å². The van der Waals surface area contributed by atoms with Gasteiger partial charge in [-0.1, -0.05) is 25.7 Å². The average Bonchev–Trinajstić information content (AvgIpc) is 2.40. The second-order valence-corrected chi connectivity index (χ2v) is 6.83. The van der Waals surface area contributed by atoms with Gasteiger partial charge in [-0.3, -0.25) is 4.79 Å². The molecule has 0 heterocycles. The van der Waals surface area contributed by atoms with Crippen LogP contribution in [0.3, 0.4) is 0 Å². The molecule has 0 bridgehead atoms. The molecule has 2 atom stereocenters. The van der Waals surface area contributed by atoms with Gasteiger partial charge >= 0.3 is 0 Å². The molecule has 0 saturated heterocycles. The summed E-state index contributed by atoms with van der Waals surface area (Å²) in [7, 11) is 0. The number of anilines is 1. The molecule has 20 heavy (non-hydrogen) atoms. The van der Waals surface area contributed by atoms with Gasteiger partial charge in [0.2, 0.25) is 5.91 Å². The molecule has 0 aliphatic heterocycles. The maximum Gasteiger partial charge on any atom is 0.221 e. The van der Waals surface area contributed by atoms with Gasteiger partial charge in [0.15, 0.2) is 0 Å². The van der Waals surface area contributed by atoms with E-state index in [2.05, 4.69) is 17.4 Å². The fourth-order valence-electron chi connectivity index (χ4n) is 2.62. The van der Waals surface area contributed by atoms with Crippen LogP contribution in [0.15, 0.2) is 29.2 Å². The second-order valence-electron chi connectivity index (χ2n) is 5.52. The highest BCUT2D eigenvalue weighted by molar-refractivity contribution is 8.00. The number of thioether (sulfide) groups is 1. The van der Waals surface area contributed by atoms with Crippen molar-refractivity contribution in [2.24, 2.45) is 5.73 Å². The van der Waals surface area contributed by atoms with Crippen molar-refractivity contribution in [3.05, 3.63) is 24.3 Å². The molecule has 0 spiro atoms. The van der Waals surface area contributed by atoms with E-state index in [1.54, 1.807) is 0 Å². The van der Waals surface area contributed by atoms with Crippen LogP contribution in [0, 0.1) is 0 Å². The minimum atomic E-state index is -0.0348. The normalized spacial score (nSPS) is 23.7. The van der Waals surface area contributed by atoms with Gasteiger partial charge in [0.05, 0.1) is 0 Å². The molecule has 0 radical (unpaired) electrons. The van der Waals surface area contributed by atoms with E-state index in [9.17, 15) is 4.79 Å². The molecule has 3 N–H and O–H groups in total. The van der Waals surface area contributed by atoms with E-state index >= 15 is 0 Å². The third-order valence-corrected chi connectivity index (χ3v) is 5.15. The van der Waals surface area contributed by atoms with Gasteiger partial charge in [0.1, 0.15) is 0 Å². The molecule has 110 valence electrons. The van der Waals surface area contributed by atoms with Gasteiger partial charge in [-0.2, -0.15) is 0 Å². The van der Waals surface area contributed by atoms with E-state index in [4.69, 9.17) is 5.73 Å². The molecule has 2 rings (SSSR count). The van der Waals surface area contributed by atoms with Crippen LogP contribution in [0.25, 0.3) is 0 Å². The summed E-state index contributed by atoms with van der Waals surface area (Å²) in [5.74, 6) is -0.0348. The van der Waals surface area contributed by atoms with Crippen LogP contribution in [0.1, 0.15) is 45.4 Å². The highest BCUT2D eigenvalue weighted by Gasteiger charge is 2.20. The number of nitrogens with two attached hydrogens (primary N) is 1. The Morgan fingerprint density at radius 3 is 2.45 bits per heavy atom. The molecular formula is C16H24N2OS. The molecule has 1 saturated carbocycles. The fraction of sp³-hybridized carbons (Fsp3) is 0.562. The van der Waals surface area contributed by atoms with Crippen LogP contribution in [0.2, 0.25) is 0 Å². The van der Waals surface area contributed by atoms with Gasteiger partial charge in [0.25, 0.3) is 0 Å². The lowest BCUT2D eigenvalue weighted by Gasteiger charge is -2.25. The van der Waals surface area contributed by atoms with Gasteiger partial charge in [-0.15, -0.1) is 11.8 Å². The summed E-state index contributed by atoms with van der Waals surface area (Å²) in [6.45, 7) is 1.52. The number of hydrogen-bond acceptors (Lipinski definition) is 3. The summed E-state index contributed by atoms with van der Waals surface area (Å²) >= 11 is 1.89. The summed E-state index contributed by atoms with van der Waals surface area (Å²) in [6, 6.07) is 8.36. The number of carbonyl (C=O) groups excluding carboxylic acids is 1. The van der Waals surface area contributed by atoms with Crippen molar-refractivity contribution in [3.8, 4) is 0 Å². The lowest BCUT2D eigenvalue weighted by atomic mass is 9.97. The first-order valence-corrected chi connectivity index (χ1v) is 8.33. The number of benzene rings is 1. The van der Waals surface area contributed by atoms with Crippen LogP contribution >= 0.6 is 11.8 Å². The Morgan fingerprint density at radius 2 is 1.80 bits per heavy atom. The molecule has 1 fully saturated rings. The highest BCUT2D eigenvalue weighted by atomic mass is 32.2. The Kier molecular flexibility index (Phi) is 5.92. The predicted molar refractivity (Wildman–Crippen MR) is 86.1 cm³/mol. The molecule has 3 nitrogen and oxygen atoms in total. The Hall–Kier alpha value is -1.00. The smallest absolute Gasteiger partial charge is 0.221 e. The standard InChI is InChI=1S/C16H24N2OS/c1-12(19)18-13-8-10-14(11-9-13)20-16-7-5-3-2-4-6-15(16)17/h8-11,15-16H,2-7,17H2,1H3,(H,18,19). The Balaban J connectivity index is 1.95. The van der Waals surface area contributed by atoms with Crippen LogP contribution in [-0.4, -0.2) is 17.2 Å². The van der Waals surface area contributed by atoms with Gasteiger partial charge < -0.3 is 11.1 Å². The summed E-state index contributed by atoms with van der Waals surface area (Å²) in [6.07, 6.45) is 7.57. The van der Waals surface area contributed by atoms with E-state index in [1.165, 1.54) is 43.9 Å². The van der Waals surface area contributed by atoms with Crippen molar-refractivity contribution in [1.29, 1.82) is 0 Å². The first-order chi connectivity index (χ1) is 9.65. The minimum Gasteiger partial charge on any atom is -0.327 e. The summed E-state index contributed by atoms with van der Waals surface area (Å²) in [5.41, 5.74) is 7.16. The Labute approximate surface area is 125 Å². The average molecular weight is 292 g/mol. The van der Waals surface area contributed by atoms with Crippen molar-refractivity contribution >= 4 is 23.4 Å². The van der Waals surface area contributed by atoms with Crippen LogP contribution < -0.4 is 11.1 Å². The van der Waals surface area contributed by atoms with Crippen molar-refractivity contribution in [2.45, 2.75) is 61.6 Å². The van der Waals surface area contributed by atoms with Gasteiger partial charge in [-0.25, -0.2) is 0 Å². The predicted octanol–water partition coefficient (Wildman–Crippen LogP) is 3.79. The highest BCUT2D eigenvalue weighted by Crippen LogP contribution is 2.32. The number of nitrogens with one attached hydrogen (secondary N) is 1. The maximum atomic E-state index is 11.0. The summed E-state index contributed by atoms with van der Waals surface area (Å²) in [4.78, 5) is 12.2. The number of rotatable bonds is 3. The van der Waals surface area contributed by atoms with Gasteiger partial charge in [-0.05, 0) is 37.1 Å².